The number of benzene rings is 1. The Labute approximate surface area is 141 Å². The summed E-state index contributed by atoms with van der Waals surface area (Å²) in [6.07, 6.45) is 2.98. The van der Waals surface area contributed by atoms with E-state index in [1.165, 1.54) is 5.56 Å². The first-order valence-electron chi connectivity index (χ1n) is 7.83. The highest BCUT2D eigenvalue weighted by molar-refractivity contribution is 7.81. The summed E-state index contributed by atoms with van der Waals surface area (Å²) in [5, 5.41) is 10.7. The van der Waals surface area contributed by atoms with Crippen LogP contribution in [0.4, 0.5) is 0 Å². The number of para-hydroxylation sites is 1. The van der Waals surface area contributed by atoms with Crippen molar-refractivity contribution in [2.45, 2.75) is 45.8 Å². The molecule has 1 aromatic carbocycles. The standard InChI is InChI=1S/C12H16N2O.C4H10S.C2H6/c1-14(2)7-6-9-8-13-12-10(9)4-3-5-11(12)15;1-4(2,3)5;1-2/h3-5,8,13,15H,6-7H2,1-2H3;5H,1-3H3;1-2H3. The molecular formula is C18H32N2OS. The molecule has 0 aliphatic rings. The van der Waals surface area contributed by atoms with Gasteiger partial charge >= 0.3 is 0 Å². The smallest absolute Gasteiger partial charge is 0.139 e. The molecule has 0 unspecified atom stereocenters. The molecule has 0 spiro atoms. The molecule has 0 atom stereocenters. The number of phenolic OH excluding ortho intramolecular Hbond substituents is 1. The minimum atomic E-state index is 0.194. The van der Waals surface area contributed by atoms with Gasteiger partial charge in [-0.25, -0.2) is 0 Å². The summed E-state index contributed by atoms with van der Waals surface area (Å²) in [5.41, 5.74) is 2.10. The van der Waals surface area contributed by atoms with Gasteiger partial charge in [-0.15, -0.1) is 0 Å². The molecule has 1 aromatic heterocycles. The van der Waals surface area contributed by atoms with Crippen molar-refractivity contribution >= 4 is 23.5 Å². The van der Waals surface area contributed by atoms with Crippen LogP contribution in [0.1, 0.15) is 40.2 Å². The average Bonchev–Trinajstić information content (AvgIpc) is 2.81. The van der Waals surface area contributed by atoms with Gasteiger partial charge in [-0.3, -0.25) is 0 Å². The normalized spacial score (nSPS) is 10.8. The van der Waals surface area contributed by atoms with E-state index < -0.39 is 0 Å². The van der Waals surface area contributed by atoms with Gasteiger partial charge in [0.2, 0.25) is 0 Å². The molecule has 0 amide bonds. The zero-order valence-corrected chi connectivity index (χ0v) is 16.0. The third-order valence-corrected chi connectivity index (χ3v) is 2.61. The van der Waals surface area contributed by atoms with Gasteiger partial charge in [0.25, 0.3) is 0 Å². The number of rotatable bonds is 3. The van der Waals surface area contributed by atoms with Crippen molar-refractivity contribution in [2.75, 3.05) is 20.6 Å². The molecule has 0 bridgehead atoms. The van der Waals surface area contributed by atoms with Crippen LogP contribution in [0, 0.1) is 0 Å². The van der Waals surface area contributed by atoms with Gasteiger partial charge in [0.15, 0.2) is 0 Å². The fraction of sp³-hybridized carbons (Fsp3) is 0.556. The molecule has 126 valence electrons. The number of aromatic hydroxyl groups is 1. The number of fused-ring (bicyclic) bond motifs is 1. The van der Waals surface area contributed by atoms with Crippen LogP contribution in [-0.4, -0.2) is 40.4 Å². The summed E-state index contributed by atoms with van der Waals surface area (Å²) in [5.74, 6) is 0.323. The molecule has 0 aliphatic heterocycles. The van der Waals surface area contributed by atoms with Crippen molar-refractivity contribution < 1.29 is 5.11 Å². The summed E-state index contributed by atoms with van der Waals surface area (Å²) in [6, 6.07) is 5.62. The fourth-order valence-corrected chi connectivity index (χ4v) is 1.75. The monoisotopic (exact) mass is 324 g/mol. The second-order valence-electron chi connectivity index (χ2n) is 6.24. The molecule has 2 aromatic rings. The number of hydrogen-bond acceptors (Lipinski definition) is 3. The van der Waals surface area contributed by atoms with Gasteiger partial charge < -0.3 is 15.0 Å². The van der Waals surface area contributed by atoms with E-state index in [2.05, 4.69) is 57.4 Å². The first-order chi connectivity index (χ1) is 10.2. The maximum absolute atomic E-state index is 9.62. The zero-order valence-electron chi connectivity index (χ0n) is 15.1. The molecule has 0 saturated carbocycles. The van der Waals surface area contributed by atoms with Crippen LogP contribution in [0.5, 0.6) is 5.75 Å². The summed E-state index contributed by atoms with van der Waals surface area (Å²) < 4.78 is 0.194. The largest absolute Gasteiger partial charge is 0.506 e. The first kappa shape index (κ1) is 20.9. The Balaban J connectivity index is 0.000000540. The van der Waals surface area contributed by atoms with E-state index in [1.54, 1.807) is 6.07 Å². The molecule has 22 heavy (non-hydrogen) atoms. The van der Waals surface area contributed by atoms with Crippen LogP contribution >= 0.6 is 12.6 Å². The van der Waals surface area contributed by atoms with Gasteiger partial charge in [-0.05, 0) is 32.1 Å². The van der Waals surface area contributed by atoms with Crippen molar-refractivity contribution in [3.63, 3.8) is 0 Å². The number of aromatic amines is 1. The first-order valence-corrected chi connectivity index (χ1v) is 8.28. The summed E-state index contributed by atoms with van der Waals surface area (Å²) >= 11 is 4.12. The van der Waals surface area contributed by atoms with Crippen LogP contribution < -0.4 is 0 Å². The Morgan fingerprint density at radius 1 is 1.18 bits per heavy atom. The number of H-pyrrole nitrogens is 1. The van der Waals surface area contributed by atoms with Gasteiger partial charge in [0.1, 0.15) is 5.75 Å². The minimum absolute atomic E-state index is 0.194. The summed E-state index contributed by atoms with van der Waals surface area (Å²) in [4.78, 5) is 5.27. The number of nitrogens with one attached hydrogen (secondary N) is 1. The lowest BCUT2D eigenvalue weighted by molar-refractivity contribution is 0.414. The lowest BCUT2D eigenvalue weighted by Gasteiger charge is -2.08. The van der Waals surface area contributed by atoms with Crippen LogP contribution in [0.3, 0.4) is 0 Å². The van der Waals surface area contributed by atoms with Crippen molar-refractivity contribution in [1.82, 2.24) is 9.88 Å². The van der Waals surface area contributed by atoms with Gasteiger partial charge in [0, 0.05) is 22.9 Å². The highest BCUT2D eigenvalue weighted by Crippen LogP contribution is 2.26. The van der Waals surface area contributed by atoms with Crippen molar-refractivity contribution in [3.05, 3.63) is 30.0 Å². The molecule has 0 saturated heterocycles. The molecule has 4 heteroatoms. The average molecular weight is 325 g/mol. The fourth-order valence-electron chi connectivity index (χ4n) is 1.75. The lowest BCUT2D eigenvalue weighted by atomic mass is 10.1. The Bertz CT molecular complexity index is 536. The topological polar surface area (TPSA) is 39.3 Å². The summed E-state index contributed by atoms with van der Waals surface area (Å²) in [6.45, 7) is 11.2. The van der Waals surface area contributed by atoms with Crippen molar-refractivity contribution in [3.8, 4) is 5.75 Å². The van der Waals surface area contributed by atoms with Crippen LogP contribution in [0.15, 0.2) is 24.4 Å². The Hall–Kier alpha value is -1.13. The predicted molar refractivity (Wildman–Crippen MR) is 102 cm³/mol. The van der Waals surface area contributed by atoms with Crippen LogP contribution in [0.2, 0.25) is 0 Å². The van der Waals surface area contributed by atoms with Crippen molar-refractivity contribution in [1.29, 1.82) is 0 Å². The Morgan fingerprint density at radius 3 is 2.23 bits per heavy atom. The number of phenols is 1. The second-order valence-corrected chi connectivity index (χ2v) is 7.58. The van der Waals surface area contributed by atoms with E-state index >= 15 is 0 Å². The number of likely N-dealkylation sites (N-methyl/N-ethyl adjacent to an activating group) is 1. The van der Waals surface area contributed by atoms with Gasteiger partial charge in [-0.1, -0.05) is 46.8 Å². The van der Waals surface area contributed by atoms with E-state index in [-0.39, 0.29) is 4.75 Å². The Kier molecular flexibility index (Phi) is 9.30. The van der Waals surface area contributed by atoms with Gasteiger partial charge in [0.05, 0.1) is 5.52 Å². The molecule has 0 aliphatic carbocycles. The highest BCUT2D eigenvalue weighted by Gasteiger charge is 2.06. The molecule has 1 heterocycles. The van der Waals surface area contributed by atoms with E-state index in [9.17, 15) is 5.11 Å². The zero-order chi connectivity index (χ0) is 17.3. The molecule has 2 N–H and O–H groups in total. The number of aromatic nitrogens is 1. The van der Waals surface area contributed by atoms with E-state index in [1.807, 2.05) is 32.2 Å². The predicted octanol–water partition coefficient (Wildman–Crippen LogP) is 4.72. The number of nitrogens with zero attached hydrogens (tertiary/aromatic N) is 1. The minimum Gasteiger partial charge on any atom is -0.506 e. The number of hydrogen-bond donors (Lipinski definition) is 3. The summed E-state index contributed by atoms with van der Waals surface area (Å²) in [7, 11) is 4.12. The lowest BCUT2D eigenvalue weighted by Crippen LogP contribution is -2.14. The third-order valence-electron chi connectivity index (χ3n) is 2.61. The van der Waals surface area contributed by atoms with Crippen LogP contribution in [-0.2, 0) is 6.42 Å². The van der Waals surface area contributed by atoms with E-state index in [0.29, 0.717) is 5.75 Å². The SMILES string of the molecule is CC.CC(C)(C)S.CN(C)CCc1c[nH]c2c(O)cccc12. The quantitative estimate of drug-likeness (QED) is 0.715. The number of thiol groups is 1. The third kappa shape index (κ3) is 8.35. The van der Waals surface area contributed by atoms with E-state index in [4.69, 9.17) is 0 Å². The Morgan fingerprint density at radius 2 is 1.73 bits per heavy atom. The van der Waals surface area contributed by atoms with E-state index in [0.717, 1.165) is 23.9 Å². The second kappa shape index (κ2) is 9.80. The highest BCUT2D eigenvalue weighted by atomic mass is 32.1. The van der Waals surface area contributed by atoms with Crippen LogP contribution in [0.25, 0.3) is 10.9 Å². The maximum Gasteiger partial charge on any atom is 0.139 e. The van der Waals surface area contributed by atoms with Gasteiger partial charge in [-0.2, -0.15) is 12.6 Å². The molecule has 2 rings (SSSR count). The maximum atomic E-state index is 9.62. The molecule has 0 fully saturated rings. The molecule has 3 nitrogen and oxygen atoms in total. The molecular weight excluding hydrogens is 292 g/mol. The van der Waals surface area contributed by atoms with Crippen molar-refractivity contribution in [2.24, 2.45) is 0 Å². The molecule has 0 radical (unpaired) electrons.